The molecule has 4 rings (SSSR count). The number of carboxylic acids is 1. The second-order valence-electron chi connectivity index (χ2n) is 10.7. The lowest BCUT2D eigenvalue weighted by atomic mass is 9.81. The Hall–Kier alpha value is -3.03. The number of anilines is 1. The molecule has 7 nitrogen and oxygen atoms in total. The fourth-order valence-corrected chi connectivity index (χ4v) is 5.66. The molecule has 0 fully saturated rings. The van der Waals surface area contributed by atoms with Gasteiger partial charge in [-0.05, 0) is 86.4 Å². The van der Waals surface area contributed by atoms with Crippen LogP contribution >= 0.6 is 11.6 Å². The van der Waals surface area contributed by atoms with Crippen molar-refractivity contribution in [2.75, 3.05) is 31.6 Å². The molecule has 39 heavy (non-hydrogen) atoms. The minimum absolute atomic E-state index is 0.168. The number of hydrogen-bond acceptors (Lipinski definition) is 5. The number of benzene rings is 2. The van der Waals surface area contributed by atoms with E-state index in [2.05, 4.69) is 11.0 Å². The highest BCUT2D eigenvalue weighted by Gasteiger charge is 2.48. The molecule has 2 aromatic rings. The smallest absolute Gasteiger partial charge is 0.341 e. The number of hydrogen-bond donors (Lipinski definition) is 2. The molecule has 0 aromatic heterocycles. The van der Waals surface area contributed by atoms with Crippen molar-refractivity contribution in [1.29, 1.82) is 0 Å². The van der Waals surface area contributed by atoms with Crippen LogP contribution in [0.3, 0.4) is 0 Å². The van der Waals surface area contributed by atoms with Gasteiger partial charge in [0.1, 0.15) is 12.4 Å². The summed E-state index contributed by atoms with van der Waals surface area (Å²) in [7, 11) is 1.63. The highest BCUT2D eigenvalue weighted by atomic mass is 35.5. The van der Waals surface area contributed by atoms with Crippen LogP contribution in [0, 0.1) is 5.92 Å². The van der Waals surface area contributed by atoms with E-state index in [1.54, 1.807) is 25.2 Å². The van der Waals surface area contributed by atoms with E-state index in [0.29, 0.717) is 23.9 Å². The van der Waals surface area contributed by atoms with E-state index in [-0.39, 0.29) is 5.56 Å². The van der Waals surface area contributed by atoms with Crippen LogP contribution in [0.2, 0.25) is 5.02 Å². The van der Waals surface area contributed by atoms with Gasteiger partial charge in [-0.1, -0.05) is 42.3 Å². The number of carbonyl (C=O) groups is 2. The number of carboxylic acid groups (broad SMARTS) is 1. The number of amides is 1. The van der Waals surface area contributed by atoms with Crippen LogP contribution in [-0.4, -0.2) is 53.7 Å². The third kappa shape index (κ3) is 6.59. The number of nitrogens with zero attached hydrogens (tertiary/aromatic N) is 2. The summed E-state index contributed by atoms with van der Waals surface area (Å²) in [5.74, 6) is -2.47. The Balaban J connectivity index is 1.79. The number of fused-ring (bicyclic) bond motifs is 2. The molecule has 2 aromatic carbocycles. The Bertz CT molecular complexity index is 1220. The molecule has 2 atom stereocenters. The summed E-state index contributed by atoms with van der Waals surface area (Å²) in [5.41, 5.74) is 0.743. The zero-order valence-corrected chi connectivity index (χ0v) is 23.6. The number of aliphatic carboxylic acids is 1. The van der Waals surface area contributed by atoms with E-state index in [1.165, 1.54) is 17.4 Å². The van der Waals surface area contributed by atoms with E-state index in [0.717, 1.165) is 69.3 Å². The first-order valence-corrected chi connectivity index (χ1v) is 14.2. The molecule has 210 valence electrons. The number of rotatable bonds is 1. The summed E-state index contributed by atoms with van der Waals surface area (Å²) in [4.78, 5) is 29.5. The average Bonchev–Trinajstić information content (AvgIpc) is 2.95. The molecule has 0 spiro atoms. The van der Waals surface area contributed by atoms with Gasteiger partial charge in [-0.15, -0.1) is 0 Å². The average molecular weight is 555 g/mol. The molecule has 2 aliphatic rings. The van der Waals surface area contributed by atoms with Gasteiger partial charge in [0, 0.05) is 31.7 Å². The molecule has 0 saturated carbocycles. The highest BCUT2D eigenvalue weighted by molar-refractivity contribution is 6.30. The third-order valence-corrected chi connectivity index (χ3v) is 8.19. The van der Waals surface area contributed by atoms with Crippen LogP contribution in [0.4, 0.5) is 5.69 Å². The lowest BCUT2D eigenvalue weighted by molar-refractivity contribution is -0.172. The Labute approximate surface area is 236 Å². The molecular formula is C31H39ClN2O5. The summed E-state index contributed by atoms with van der Waals surface area (Å²) in [6, 6.07) is 10.9. The number of allylic oxidation sites excluding steroid dienone is 1. The third-order valence-electron chi connectivity index (χ3n) is 7.96. The topological polar surface area (TPSA) is 90.3 Å². The predicted molar refractivity (Wildman–Crippen MR) is 153 cm³/mol. The molecule has 0 unspecified atom stereocenters. The Kier molecular flexibility index (Phi) is 9.57. The molecule has 8 heteroatoms. The SMILES string of the molecule is C[C@H]1C(=O)N(C)C/C=C\CCCCCN2CCCCc3cc(Cl)ccc3COc3ccc(cc32)[C@]1(O)C(=O)O. The van der Waals surface area contributed by atoms with E-state index >= 15 is 0 Å². The van der Waals surface area contributed by atoms with Gasteiger partial charge < -0.3 is 24.7 Å². The van der Waals surface area contributed by atoms with Gasteiger partial charge in [0.25, 0.3) is 0 Å². The number of aryl methyl sites for hydroxylation is 1. The second-order valence-corrected chi connectivity index (χ2v) is 11.1. The minimum Gasteiger partial charge on any atom is -0.487 e. The van der Waals surface area contributed by atoms with E-state index in [1.807, 2.05) is 24.3 Å². The quantitative estimate of drug-likeness (QED) is 0.449. The van der Waals surface area contributed by atoms with Gasteiger partial charge >= 0.3 is 5.97 Å². The zero-order chi connectivity index (χ0) is 28.0. The van der Waals surface area contributed by atoms with Crippen LogP contribution in [0.5, 0.6) is 5.75 Å². The molecule has 0 radical (unpaired) electrons. The van der Waals surface area contributed by atoms with Gasteiger partial charge in [-0.2, -0.15) is 0 Å². The van der Waals surface area contributed by atoms with Crippen molar-refractivity contribution in [3.05, 3.63) is 70.3 Å². The molecule has 1 amide bonds. The summed E-state index contributed by atoms with van der Waals surface area (Å²) in [5, 5.41) is 22.6. The van der Waals surface area contributed by atoms with Crippen LogP contribution in [0.1, 0.15) is 62.1 Å². The molecule has 2 aliphatic heterocycles. The first kappa shape index (κ1) is 29.0. The second kappa shape index (κ2) is 12.9. The van der Waals surface area contributed by atoms with Gasteiger partial charge in [-0.25, -0.2) is 4.79 Å². The zero-order valence-electron chi connectivity index (χ0n) is 22.9. The Morgan fingerprint density at radius 2 is 1.79 bits per heavy atom. The van der Waals surface area contributed by atoms with Crippen molar-refractivity contribution >= 4 is 29.2 Å². The summed E-state index contributed by atoms with van der Waals surface area (Å²) < 4.78 is 6.35. The molecule has 2 N–H and O–H groups in total. The first-order valence-electron chi connectivity index (χ1n) is 13.9. The molecule has 2 bridgehead atoms. The van der Waals surface area contributed by atoms with Crippen LogP contribution in [0.15, 0.2) is 48.6 Å². The van der Waals surface area contributed by atoms with Crippen molar-refractivity contribution in [2.45, 2.75) is 64.1 Å². The van der Waals surface area contributed by atoms with E-state index < -0.39 is 23.4 Å². The van der Waals surface area contributed by atoms with Crippen molar-refractivity contribution < 1.29 is 24.5 Å². The number of halogens is 1. The summed E-state index contributed by atoms with van der Waals surface area (Å²) >= 11 is 6.28. The summed E-state index contributed by atoms with van der Waals surface area (Å²) in [6.45, 7) is 3.73. The summed E-state index contributed by atoms with van der Waals surface area (Å²) in [6.07, 6.45) is 10.8. The standard InChI is InChI=1S/C31H39ClN2O5/c1-22-29(35)33(2)16-8-5-3-4-6-9-17-34-18-10-7-11-23-19-26(32)14-12-24(23)21-39-28-15-13-25(20-27(28)34)31(22,38)30(36)37/h5,8,12-15,19-20,22,38H,3-4,6-7,9-11,16-18,21H2,1-2H3,(H,36,37)/b8-5-/t22-,31-/m0/s1. The highest BCUT2D eigenvalue weighted by Crippen LogP contribution is 2.39. The number of carbonyl (C=O) groups excluding carboxylic acids is 1. The molecule has 0 aliphatic carbocycles. The lowest BCUT2D eigenvalue weighted by Gasteiger charge is -2.34. The van der Waals surface area contributed by atoms with Gasteiger partial charge in [0.15, 0.2) is 5.60 Å². The van der Waals surface area contributed by atoms with Crippen LogP contribution in [-0.2, 0) is 28.2 Å². The predicted octanol–water partition coefficient (Wildman–Crippen LogP) is 5.56. The maximum atomic E-state index is 13.2. The van der Waals surface area contributed by atoms with Gasteiger partial charge in [-0.3, -0.25) is 4.79 Å². The van der Waals surface area contributed by atoms with Gasteiger partial charge in [0.05, 0.1) is 11.6 Å². The maximum absolute atomic E-state index is 13.2. The molecular weight excluding hydrogens is 516 g/mol. The Morgan fingerprint density at radius 3 is 2.56 bits per heavy atom. The van der Waals surface area contributed by atoms with Crippen LogP contribution in [0.25, 0.3) is 0 Å². The Morgan fingerprint density at radius 1 is 1.03 bits per heavy atom. The fraction of sp³-hybridized carbons (Fsp3) is 0.484. The molecule has 2 heterocycles. The number of aliphatic hydroxyl groups is 1. The largest absolute Gasteiger partial charge is 0.487 e. The number of ether oxygens (including phenoxy) is 1. The first-order chi connectivity index (χ1) is 18.7. The molecule has 0 saturated heterocycles. The normalized spacial score (nSPS) is 24.2. The number of likely N-dealkylation sites (N-methyl/N-ethyl adjacent to an activating group) is 1. The van der Waals surface area contributed by atoms with E-state index in [4.69, 9.17) is 16.3 Å². The minimum atomic E-state index is -2.40. The fourth-order valence-electron chi connectivity index (χ4n) is 5.47. The lowest BCUT2D eigenvalue weighted by Crippen LogP contribution is -2.49. The van der Waals surface area contributed by atoms with Crippen molar-refractivity contribution in [3.8, 4) is 5.75 Å². The van der Waals surface area contributed by atoms with Crippen molar-refractivity contribution in [1.82, 2.24) is 4.90 Å². The maximum Gasteiger partial charge on any atom is 0.341 e. The van der Waals surface area contributed by atoms with Crippen molar-refractivity contribution in [2.24, 2.45) is 5.92 Å². The van der Waals surface area contributed by atoms with E-state index in [9.17, 15) is 19.8 Å². The van der Waals surface area contributed by atoms with Gasteiger partial charge in [0.2, 0.25) is 5.91 Å². The monoisotopic (exact) mass is 554 g/mol. The van der Waals surface area contributed by atoms with Crippen LogP contribution < -0.4 is 9.64 Å². The van der Waals surface area contributed by atoms with Crippen molar-refractivity contribution in [3.63, 3.8) is 0 Å².